The molecule has 2 heterocycles. The van der Waals surface area contributed by atoms with Gasteiger partial charge in [-0.05, 0) is 18.9 Å². The zero-order valence-electron chi connectivity index (χ0n) is 12.9. The van der Waals surface area contributed by atoms with Gasteiger partial charge in [0.15, 0.2) is 0 Å². The van der Waals surface area contributed by atoms with Gasteiger partial charge in [0.1, 0.15) is 0 Å². The fourth-order valence-electron chi connectivity index (χ4n) is 3.50. The Bertz CT molecular complexity index is 432. The lowest BCUT2D eigenvalue weighted by molar-refractivity contribution is 0.119. The highest BCUT2D eigenvalue weighted by Gasteiger charge is 2.25. The summed E-state index contributed by atoms with van der Waals surface area (Å²) in [4.78, 5) is 2.69. The number of hydrogen-bond acceptors (Lipinski definition) is 3. The fraction of sp³-hybridized carbons (Fsp3) is 0.812. The van der Waals surface area contributed by atoms with Gasteiger partial charge in [0, 0.05) is 31.7 Å². The Morgan fingerprint density at radius 1 is 1.25 bits per heavy atom. The van der Waals surface area contributed by atoms with Gasteiger partial charge in [-0.1, -0.05) is 33.1 Å². The highest BCUT2D eigenvalue weighted by atomic mass is 15.3. The first-order chi connectivity index (χ1) is 9.72. The molecule has 0 atom stereocenters. The van der Waals surface area contributed by atoms with Crippen LogP contribution in [0.3, 0.4) is 0 Å². The first-order valence-corrected chi connectivity index (χ1v) is 8.25. The molecule has 1 saturated carbocycles. The SMILES string of the molecule is CC(C)NCc1cc2n(n1)CCN(C1CCCCC1)C2. The van der Waals surface area contributed by atoms with E-state index in [2.05, 4.69) is 34.8 Å². The number of rotatable bonds is 4. The lowest BCUT2D eigenvalue weighted by Crippen LogP contribution is -2.42. The zero-order chi connectivity index (χ0) is 13.9. The highest BCUT2D eigenvalue weighted by molar-refractivity contribution is 5.12. The molecule has 1 aromatic rings. The molecule has 1 fully saturated rings. The second kappa shape index (κ2) is 6.27. The first kappa shape index (κ1) is 14.1. The van der Waals surface area contributed by atoms with Crippen molar-refractivity contribution in [3.63, 3.8) is 0 Å². The van der Waals surface area contributed by atoms with Crippen LogP contribution in [0.15, 0.2) is 6.07 Å². The van der Waals surface area contributed by atoms with Gasteiger partial charge in [-0.15, -0.1) is 0 Å². The second-order valence-corrected chi connectivity index (χ2v) is 6.65. The number of fused-ring (bicyclic) bond motifs is 1. The quantitative estimate of drug-likeness (QED) is 0.917. The molecule has 1 aliphatic carbocycles. The fourth-order valence-corrected chi connectivity index (χ4v) is 3.50. The summed E-state index contributed by atoms with van der Waals surface area (Å²) in [6, 6.07) is 3.64. The van der Waals surface area contributed by atoms with Crippen molar-refractivity contribution < 1.29 is 0 Å². The minimum Gasteiger partial charge on any atom is -0.309 e. The van der Waals surface area contributed by atoms with Crippen LogP contribution in [-0.2, 0) is 19.6 Å². The molecule has 4 nitrogen and oxygen atoms in total. The molecule has 3 rings (SSSR count). The highest BCUT2D eigenvalue weighted by Crippen LogP contribution is 2.26. The van der Waals surface area contributed by atoms with Gasteiger partial charge in [0.05, 0.1) is 17.9 Å². The topological polar surface area (TPSA) is 33.1 Å². The lowest BCUT2D eigenvalue weighted by Gasteiger charge is -2.36. The van der Waals surface area contributed by atoms with Crippen LogP contribution in [0.2, 0.25) is 0 Å². The zero-order valence-corrected chi connectivity index (χ0v) is 12.9. The molecule has 4 heteroatoms. The van der Waals surface area contributed by atoms with Gasteiger partial charge < -0.3 is 5.32 Å². The maximum Gasteiger partial charge on any atom is 0.0765 e. The third-order valence-electron chi connectivity index (χ3n) is 4.66. The standard InChI is InChI=1S/C16H28N4/c1-13(2)17-11-14-10-16-12-19(8-9-20(16)18-14)15-6-4-3-5-7-15/h10,13,15,17H,3-9,11-12H2,1-2H3. The molecular weight excluding hydrogens is 248 g/mol. The molecule has 0 spiro atoms. The van der Waals surface area contributed by atoms with Crippen LogP contribution in [0.25, 0.3) is 0 Å². The average Bonchev–Trinajstić information content (AvgIpc) is 2.88. The van der Waals surface area contributed by atoms with Gasteiger partial charge in [-0.3, -0.25) is 9.58 Å². The first-order valence-electron chi connectivity index (χ1n) is 8.25. The van der Waals surface area contributed by atoms with E-state index in [1.807, 2.05) is 0 Å². The minimum atomic E-state index is 0.521. The average molecular weight is 276 g/mol. The van der Waals surface area contributed by atoms with Crippen LogP contribution in [0.1, 0.15) is 57.3 Å². The Labute approximate surface area is 122 Å². The van der Waals surface area contributed by atoms with E-state index in [0.717, 1.165) is 25.7 Å². The predicted molar refractivity (Wildman–Crippen MR) is 81.5 cm³/mol. The molecule has 0 radical (unpaired) electrons. The largest absolute Gasteiger partial charge is 0.309 e. The Kier molecular flexibility index (Phi) is 4.41. The van der Waals surface area contributed by atoms with E-state index < -0.39 is 0 Å². The van der Waals surface area contributed by atoms with Crippen molar-refractivity contribution in [2.75, 3.05) is 6.54 Å². The Balaban J connectivity index is 1.62. The van der Waals surface area contributed by atoms with E-state index in [0.29, 0.717) is 6.04 Å². The Morgan fingerprint density at radius 2 is 2.05 bits per heavy atom. The van der Waals surface area contributed by atoms with Gasteiger partial charge in [-0.25, -0.2) is 0 Å². The minimum absolute atomic E-state index is 0.521. The number of aromatic nitrogens is 2. The van der Waals surface area contributed by atoms with Crippen molar-refractivity contribution in [1.29, 1.82) is 0 Å². The number of hydrogen-bond donors (Lipinski definition) is 1. The molecule has 0 amide bonds. The molecule has 20 heavy (non-hydrogen) atoms. The molecule has 1 aliphatic heterocycles. The Hall–Kier alpha value is -0.870. The third-order valence-corrected chi connectivity index (χ3v) is 4.66. The van der Waals surface area contributed by atoms with Gasteiger partial charge in [0.2, 0.25) is 0 Å². The van der Waals surface area contributed by atoms with Gasteiger partial charge in [-0.2, -0.15) is 5.10 Å². The van der Waals surface area contributed by atoms with Gasteiger partial charge >= 0.3 is 0 Å². The maximum absolute atomic E-state index is 4.73. The Morgan fingerprint density at radius 3 is 2.80 bits per heavy atom. The van der Waals surface area contributed by atoms with Crippen LogP contribution >= 0.6 is 0 Å². The lowest BCUT2D eigenvalue weighted by atomic mass is 9.94. The van der Waals surface area contributed by atoms with E-state index in [-0.39, 0.29) is 0 Å². The van der Waals surface area contributed by atoms with E-state index in [1.54, 1.807) is 0 Å². The summed E-state index contributed by atoms with van der Waals surface area (Å²) in [5.41, 5.74) is 2.60. The van der Waals surface area contributed by atoms with Gasteiger partial charge in [0.25, 0.3) is 0 Å². The summed E-state index contributed by atoms with van der Waals surface area (Å²) >= 11 is 0. The summed E-state index contributed by atoms with van der Waals surface area (Å²) in [5, 5.41) is 8.19. The van der Waals surface area contributed by atoms with Crippen LogP contribution < -0.4 is 5.32 Å². The number of nitrogens with zero attached hydrogens (tertiary/aromatic N) is 3. The van der Waals surface area contributed by atoms with Crippen molar-refractivity contribution in [2.45, 2.75) is 77.7 Å². The van der Waals surface area contributed by atoms with Crippen molar-refractivity contribution in [2.24, 2.45) is 0 Å². The molecule has 1 N–H and O–H groups in total. The van der Waals surface area contributed by atoms with Crippen molar-refractivity contribution in [3.8, 4) is 0 Å². The molecule has 1 aromatic heterocycles. The van der Waals surface area contributed by atoms with E-state index in [1.165, 1.54) is 50.0 Å². The molecule has 0 aromatic carbocycles. The normalized spacial score (nSPS) is 21.4. The molecule has 0 saturated heterocycles. The third kappa shape index (κ3) is 3.23. The van der Waals surface area contributed by atoms with E-state index >= 15 is 0 Å². The summed E-state index contributed by atoms with van der Waals surface area (Å²) in [6.07, 6.45) is 7.08. The summed E-state index contributed by atoms with van der Waals surface area (Å²) < 4.78 is 2.22. The van der Waals surface area contributed by atoms with Crippen molar-refractivity contribution in [3.05, 3.63) is 17.5 Å². The molecule has 2 aliphatic rings. The van der Waals surface area contributed by atoms with Crippen LogP contribution in [0.5, 0.6) is 0 Å². The molecule has 112 valence electrons. The second-order valence-electron chi connectivity index (χ2n) is 6.65. The van der Waals surface area contributed by atoms with Crippen LogP contribution in [0.4, 0.5) is 0 Å². The predicted octanol–water partition coefficient (Wildman–Crippen LogP) is 2.53. The van der Waals surface area contributed by atoms with E-state index in [4.69, 9.17) is 5.10 Å². The summed E-state index contributed by atoms with van der Waals surface area (Å²) in [5.74, 6) is 0. The van der Waals surface area contributed by atoms with Crippen LogP contribution in [0, 0.1) is 0 Å². The monoisotopic (exact) mass is 276 g/mol. The molecule has 0 unspecified atom stereocenters. The summed E-state index contributed by atoms with van der Waals surface area (Å²) in [7, 11) is 0. The van der Waals surface area contributed by atoms with Crippen molar-refractivity contribution >= 4 is 0 Å². The smallest absolute Gasteiger partial charge is 0.0765 e. The molecular formula is C16H28N4. The van der Waals surface area contributed by atoms with Crippen LogP contribution in [-0.4, -0.2) is 33.3 Å². The van der Waals surface area contributed by atoms with Crippen molar-refractivity contribution in [1.82, 2.24) is 20.0 Å². The van der Waals surface area contributed by atoms with E-state index in [9.17, 15) is 0 Å². The molecule has 0 bridgehead atoms. The number of nitrogens with one attached hydrogen (secondary N) is 1. The summed E-state index contributed by atoms with van der Waals surface area (Å²) in [6.45, 7) is 8.59. The maximum atomic E-state index is 4.73.